The summed E-state index contributed by atoms with van der Waals surface area (Å²) in [6.07, 6.45) is 2.07. The maximum absolute atomic E-state index is 5.54. The predicted molar refractivity (Wildman–Crippen MR) is 119 cm³/mol. The Balaban J connectivity index is 2.23. The van der Waals surface area contributed by atoms with Crippen LogP contribution in [0.15, 0.2) is 72.8 Å². The van der Waals surface area contributed by atoms with Crippen LogP contribution in [0.5, 0.6) is 0 Å². The van der Waals surface area contributed by atoms with Gasteiger partial charge < -0.3 is 4.43 Å². The van der Waals surface area contributed by atoms with Crippen molar-refractivity contribution in [1.29, 1.82) is 0 Å². The van der Waals surface area contributed by atoms with Crippen molar-refractivity contribution in [3.05, 3.63) is 106 Å². The Bertz CT molecular complexity index is 737. The lowest BCUT2D eigenvalue weighted by Gasteiger charge is -2.36. The molecule has 3 aromatic rings. The minimum atomic E-state index is -0.158. The van der Waals surface area contributed by atoms with E-state index in [0.717, 1.165) is 29.9 Å². The molecule has 0 saturated heterocycles. The van der Waals surface area contributed by atoms with Crippen molar-refractivity contribution >= 4 is 10.5 Å². The first-order valence-electron chi connectivity index (χ1n) is 9.76. The summed E-state index contributed by atoms with van der Waals surface area (Å²) < 4.78 is 5.54. The van der Waals surface area contributed by atoms with Crippen molar-refractivity contribution in [2.75, 3.05) is 6.61 Å². The van der Waals surface area contributed by atoms with E-state index >= 15 is 0 Å². The second-order valence-electron chi connectivity index (χ2n) is 7.60. The molecule has 27 heavy (non-hydrogen) atoms. The molecule has 140 valence electrons. The fourth-order valence-corrected chi connectivity index (χ4v) is 4.22. The lowest BCUT2D eigenvalue weighted by atomic mass is 9.66. The van der Waals surface area contributed by atoms with Crippen LogP contribution in [0.2, 0.25) is 0 Å². The first-order valence-corrected chi connectivity index (χ1v) is 10.6. The van der Waals surface area contributed by atoms with Gasteiger partial charge in [-0.1, -0.05) is 89.5 Å². The molecule has 0 aliphatic rings. The van der Waals surface area contributed by atoms with Crippen LogP contribution in [0.1, 0.15) is 46.2 Å². The number of hydrogen-bond donors (Lipinski definition) is 0. The lowest BCUT2D eigenvalue weighted by molar-refractivity contribution is 0.322. The van der Waals surface area contributed by atoms with Gasteiger partial charge in [-0.25, -0.2) is 0 Å². The van der Waals surface area contributed by atoms with Crippen LogP contribution < -0.4 is 0 Å². The summed E-state index contributed by atoms with van der Waals surface area (Å²) in [5.41, 5.74) is 7.79. The molecule has 0 aromatic heterocycles. The van der Waals surface area contributed by atoms with Gasteiger partial charge in [-0.15, -0.1) is 0 Å². The molecule has 0 saturated carbocycles. The largest absolute Gasteiger partial charge is 0.428 e. The topological polar surface area (TPSA) is 9.23 Å². The van der Waals surface area contributed by atoms with E-state index in [2.05, 4.69) is 93.6 Å². The normalized spacial score (nSPS) is 11.7. The Kier molecular flexibility index (Phi) is 6.30. The molecule has 1 nitrogen and oxygen atoms in total. The summed E-state index contributed by atoms with van der Waals surface area (Å²) in [5.74, 6) is 0. The molecule has 0 atom stereocenters. The summed E-state index contributed by atoms with van der Waals surface area (Å²) in [5, 5.41) is 0. The van der Waals surface area contributed by atoms with Crippen LogP contribution >= 0.6 is 0 Å². The number of aryl methyl sites for hydroxylation is 3. The van der Waals surface area contributed by atoms with Crippen molar-refractivity contribution in [2.45, 2.75) is 39.0 Å². The Morgan fingerprint density at radius 2 is 0.963 bits per heavy atom. The summed E-state index contributed by atoms with van der Waals surface area (Å²) in [4.78, 5) is 0. The predicted octanol–water partition coefficient (Wildman–Crippen LogP) is 5.02. The fraction of sp³-hybridized carbons (Fsp3) is 0.280. The van der Waals surface area contributed by atoms with Crippen LogP contribution in [-0.2, 0) is 9.84 Å². The molecule has 0 heterocycles. The van der Waals surface area contributed by atoms with Gasteiger partial charge in [-0.2, -0.15) is 0 Å². The average molecular weight is 375 g/mol. The fourth-order valence-electron chi connectivity index (χ4n) is 3.93. The third-order valence-corrected chi connectivity index (χ3v) is 5.94. The molecular formula is C25H30OSi. The Labute approximate surface area is 167 Å². The number of hydrogen-bond acceptors (Lipinski definition) is 1. The first-order chi connectivity index (χ1) is 13.1. The molecule has 0 radical (unpaired) electrons. The molecule has 0 bridgehead atoms. The second kappa shape index (κ2) is 8.68. The highest BCUT2D eigenvalue weighted by Gasteiger charge is 2.35. The SMILES string of the molecule is Cc1ccc(C(CCCO[SiH3])(c2ccc(C)cc2)c2ccc(C)cc2)cc1. The molecule has 0 aliphatic heterocycles. The summed E-state index contributed by atoms with van der Waals surface area (Å²) in [6, 6.07) is 27.2. The van der Waals surface area contributed by atoms with Crippen LogP contribution in [0.25, 0.3) is 0 Å². The monoisotopic (exact) mass is 374 g/mol. The molecule has 0 unspecified atom stereocenters. The van der Waals surface area contributed by atoms with Crippen LogP contribution in [-0.4, -0.2) is 17.1 Å². The van der Waals surface area contributed by atoms with Gasteiger partial charge in [-0.05, 0) is 50.3 Å². The summed E-state index contributed by atoms with van der Waals surface area (Å²) >= 11 is 0. The molecule has 0 amide bonds. The smallest absolute Gasteiger partial charge is 0.145 e. The zero-order valence-electron chi connectivity index (χ0n) is 17.0. The molecule has 0 spiro atoms. The molecule has 3 rings (SSSR count). The number of rotatable bonds is 7. The standard InChI is InChI=1S/C25H30OSi/c1-19-5-11-22(12-6-19)25(17-4-18-26-27,23-13-7-20(2)8-14-23)24-15-9-21(3)10-16-24/h5-16H,4,17-18H2,1-3,27H3. The molecule has 3 aromatic carbocycles. The Hall–Kier alpha value is -2.16. The minimum Gasteiger partial charge on any atom is -0.428 e. The lowest BCUT2D eigenvalue weighted by Crippen LogP contribution is -2.30. The quantitative estimate of drug-likeness (QED) is 0.320. The maximum Gasteiger partial charge on any atom is 0.145 e. The van der Waals surface area contributed by atoms with Crippen LogP contribution in [0.4, 0.5) is 0 Å². The molecule has 0 fully saturated rings. The van der Waals surface area contributed by atoms with E-state index in [1.54, 1.807) is 0 Å². The molecule has 0 N–H and O–H groups in total. The van der Waals surface area contributed by atoms with Gasteiger partial charge in [0.1, 0.15) is 10.5 Å². The number of benzene rings is 3. The summed E-state index contributed by atoms with van der Waals surface area (Å²) in [7, 11) is 0.797. The average Bonchev–Trinajstić information content (AvgIpc) is 2.68. The summed E-state index contributed by atoms with van der Waals surface area (Å²) in [6.45, 7) is 7.29. The maximum atomic E-state index is 5.54. The zero-order chi connectivity index (χ0) is 19.3. The van der Waals surface area contributed by atoms with Gasteiger partial charge in [-0.3, -0.25) is 0 Å². The van der Waals surface area contributed by atoms with E-state index in [4.69, 9.17) is 4.43 Å². The van der Waals surface area contributed by atoms with Gasteiger partial charge >= 0.3 is 0 Å². The first kappa shape index (κ1) is 19.6. The highest BCUT2D eigenvalue weighted by Crippen LogP contribution is 2.43. The third kappa shape index (κ3) is 4.23. The van der Waals surface area contributed by atoms with Crippen molar-refractivity contribution in [1.82, 2.24) is 0 Å². The van der Waals surface area contributed by atoms with E-state index < -0.39 is 0 Å². The van der Waals surface area contributed by atoms with Gasteiger partial charge in [0.05, 0.1) is 0 Å². The van der Waals surface area contributed by atoms with E-state index in [9.17, 15) is 0 Å². The highest BCUT2D eigenvalue weighted by atomic mass is 28.2. The molecule has 0 aliphatic carbocycles. The van der Waals surface area contributed by atoms with Gasteiger partial charge in [0.2, 0.25) is 0 Å². The van der Waals surface area contributed by atoms with Crippen LogP contribution in [0, 0.1) is 20.8 Å². The van der Waals surface area contributed by atoms with Gasteiger partial charge in [0.15, 0.2) is 0 Å². The van der Waals surface area contributed by atoms with Crippen molar-refractivity contribution < 1.29 is 4.43 Å². The van der Waals surface area contributed by atoms with Gasteiger partial charge in [0, 0.05) is 12.0 Å². The van der Waals surface area contributed by atoms with Crippen LogP contribution in [0.3, 0.4) is 0 Å². The van der Waals surface area contributed by atoms with E-state index in [1.807, 2.05) is 0 Å². The van der Waals surface area contributed by atoms with Crippen molar-refractivity contribution in [3.8, 4) is 0 Å². The van der Waals surface area contributed by atoms with Gasteiger partial charge in [0.25, 0.3) is 0 Å². The minimum absolute atomic E-state index is 0.158. The third-order valence-electron chi connectivity index (χ3n) is 5.53. The Morgan fingerprint density at radius 1 is 0.630 bits per heavy atom. The van der Waals surface area contributed by atoms with Crippen molar-refractivity contribution in [2.24, 2.45) is 0 Å². The van der Waals surface area contributed by atoms with E-state index in [1.165, 1.54) is 33.4 Å². The highest BCUT2D eigenvalue weighted by molar-refractivity contribution is 5.97. The van der Waals surface area contributed by atoms with Crippen molar-refractivity contribution in [3.63, 3.8) is 0 Å². The molecular weight excluding hydrogens is 344 g/mol. The van der Waals surface area contributed by atoms with E-state index in [-0.39, 0.29) is 5.41 Å². The second-order valence-corrected chi connectivity index (χ2v) is 8.18. The Morgan fingerprint density at radius 3 is 1.26 bits per heavy atom. The molecule has 2 heteroatoms. The van der Waals surface area contributed by atoms with E-state index in [0.29, 0.717) is 0 Å². The zero-order valence-corrected chi connectivity index (χ0v) is 19.0.